The maximum atomic E-state index is 13.9. The van der Waals surface area contributed by atoms with Crippen LogP contribution in [-0.2, 0) is 24.2 Å². The molecule has 2 amide bonds. The third kappa shape index (κ3) is 7.84. The number of fused-ring (bicyclic) bond motifs is 1. The first-order chi connectivity index (χ1) is 19.3. The van der Waals surface area contributed by atoms with Crippen molar-refractivity contribution in [1.29, 1.82) is 0 Å². The fourth-order valence-corrected chi connectivity index (χ4v) is 5.10. The molecule has 1 heterocycles. The molecule has 0 saturated heterocycles. The summed E-state index contributed by atoms with van der Waals surface area (Å²) in [5, 5.41) is 1.18. The highest BCUT2D eigenvalue weighted by Gasteiger charge is 2.24. The summed E-state index contributed by atoms with van der Waals surface area (Å²) in [5.74, 6) is 0.127. The highest BCUT2D eigenvalue weighted by atomic mass is 16.2. The number of unbranched alkanes of at least 4 members (excludes halogenated alkanes) is 1. The lowest BCUT2D eigenvalue weighted by Gasteiger charge is -2.29. The minimum Gasteiger partial charge on any atom is -0.361 e. The predicted molar refractivity (Wildman–Crippen MR) is 164 cm³/mol. The van der Waals surface area contributed by atoms with Gasteiger partial charge in [-0.05, 0) is 67.0 Å². The van der Waals surface area contributed by atoms with Crippen LogP contribution in [0.5, 0.6) is 0 Å². The molecule has 4 rings (SSSR count). The molecular formula is C35H43N3O2. The summed E-state index contributed by atoms with van der Waals surface area (Å²) in [6, 6.07) is 24.5. The summed E-state index contributed by atoms with van der Waals surface area (Å²) in [5.41, 5.74) is 6.44. The van der Waals surface area contributed by atoms with E-state index < -0.39 is 0 Å². The smallest absolute Gasteiger partial charge is 0.254 e. The van der Waals surface area contributed by atoms with Crippen LogP contribution in [0.1, 0.15) is 66.2 Å². The van der Waals surface area contributed by atoms with Crippen LogP contribution in [0, 0.1) is 12.8 Å². The second kappa shape index (κ2) is 14.0. The number of benzene rings is 3. The lowest BCUT2D eigenvalue weighted by atomic mass is 10.1. The Morgan fingerprint density at radius 1 is 0.850 bits per heavy atom. The van der Waals surface area contributed by atoms with Crippen LogP contribution in [0.2, 0.25) is 0 Å². The standard InChI is InChI=1S/C35H43N3O2/c1-5-6-9-28-16-18-30(19-17-28)35(40)38(23-26(2)3)25-34(39)37(24-29-14-12-27(4)13-15-29)21-20-31-22-36-33-11-8-7-10-32(31)33/h7-8,10-19,22,26,36H,5-6,9,20-21,23-25H2,1-4H3. The van der Waals surface area contributed by atoms with Crippen molar-refractivity contribution >= 4 is 22.7 Å². The van der Waals surface area contributed by atoms with Crippen LogP contribution in [0.4, 0.5) is 0 Å². The van der Waals surface area contributed by atoms with Crippen LogP contribution in [-0.4, -0.2) is 46.2 Å². The number of aryl methyl sites for hydroxylation is 2. The Morgan fingerprint density at radius 2 is 1.55 bits per heavy atom. The highest BCUT2D eigenvalue weighted by Crippen LogP contribution is 2.19. The van der Waals surface area contributed by atoms with Crippen molar-refractivity contribution in [3.8, 4) is 0 Å². The minimum atomic E-state index is -0.0870. The van der Waals surface area contributed by atoms with Crippen LogP contribution in [0.25, 0.3) is 10.9 Å². The first-order valence-corrected chi connectivity index (χ1v) is 14.6. The number of para-hydroxylation sites is 1. The van der Waals surface area contributed by atoms with Crippen LogP contribution in [0.15, 0.2) is 79.0 Å². The summed E-state index contributed by atoms with van der Waals surface area (Å²) < 4.78 is 0. The fraction of sp³-hybridized carbons (Fsp3) is 0.371. The van der Waals surface area contributed by atoms with Gasteiger partial charge >= 0.3 is 0 Å². The number of nitrogens with one attached hydrogen (secondary N) is 1. The molecule has 1 N–H and O–H groups in total. The van der Waals surface area contributed by atoms with Crippen molar-refractivity contribution in [3.63, 3.8) is 0 Å². The van der Waals surface area contributed by atoms with E-state index in [0.29, 0.717) is 25.2 Å². The summed E-state index contributed by atoms with van der Waals surface area (Å²) >= 11 is 0. The molecule has 0 fully saturated rings. The van der Waals surface area contributed by atoms with E-state index in [1.807, 2.05) is 47.5 Å². The molecular weight excluding hydrogens is 494 g/mol. The largest absolute Gasteiger partial charge is 0.361 e. The summed E-state index contributed by atoms with van der Waals surface area (Å²) in [6.45, 7) is 10.1. The number of hydrogen-bond acceptors (Lipinski definition) is 2. The minimum absolute atomic E-state index is 0.0333. The molecule has 1 aromatic heterocycles. The topological polar surface area (TPSA) is 56.4 Å². The number of H-pyrrole nitrogens is 1. The van der Waals surface area contributed by atoms with E-state index in [-0.39, 0.29) is 24.3 Å². The van der Waals surface area contributed by atoms with Gasteiger partial charge in [0.2, 0.25) is 5.91 Å². The fourth-order valence-electron chi connectivity index (χ4n) is 5.10. The molecule has 0 unspecified atom stereocenters. The van der Waals surface area contributed by atoms with Gasteiger partial charge in [-0.2, -0.15) is 0 Å². The van der Waals surface area contributed by atoms with Crippen LogP contribution >= 0.6 is 0 Å². The number of carbonyl (C=O) groups excluding carboxylic acids is 2. The molecule has 0 saturated carbocycles. The molecule has 0 radical (unpaired) electrons. The van der Waals surface area contributed by atoms with Crippen molar-refractivity contribution in [2.75, 3.05) is 19.6 Å². The number of amides is 2. The Balaban J connectivity index is 1.52. The third-order valence-electron chi connectivity index (χ3n) is 7.39. The van der Waals surface area contributed by atoms with Gasteiger partial charge in [0.1, 0.15) is 6.54 Å². The van der Waals surface area contributed by atoms with Crippen molar-refractivity contribution < 1.29 is 9.59 Å². The zero-order valence-corrected chi connectivity index (χ0v) is 24.5. The van der Waals surface area contributed by atoms with Gasteiger partial charge in [-0.1, -0.05) is 87.4 Å². The van der Waals surface area contributed by atoms with E-state index in [9.17, 15) is 9.59 Å². The van der Waals surface area contributed by atoms with Crippen molar-refractivity contribution in [3.05, 3.63) is 107 Å². The quantitative estimate of drug-likeness (QED) is 0.196. The Kier molecular flexibility index (Phi) is 10.2. The van der Waals surface area contributed by atoms with E-state index in [0.717, 1.165) is 36.8 Å². The van der Waals surface area contributed by atoms with Crippen LogP contribution < -0.4 is 0 Å². The van der Waals surface area contributed by atoms with E-state index in [2.05, 4.69) is 69.1 Å². The van der Waals surface area contributed by atoms with Gasteiger partial charge in [0.25, 0.3) is 5.91 Å². The second-order valence-electron chi connectivity index (χ2n) is 11.3. The van der Waals surface area contributed by atoms with Crippen molar-refractivity contribution in [2.24, 2.45) is 5.92 Å². The Morgan fingerprint density at radius 3 is 2.25 bits per heavy atom. The first kappa shape index (κ1) is 29.1. The van der Waals surface area contributed by atoms with Gasteiger partial charge in [-0.25, -0.2) is 0 Å². The number of aromatic nitrogens is 1. The van der Waals surface area contributed by atoms with Crippen LogP contribution in [0.3, 0.4) is 0 Å². The van der Waals surface area contributed by atoms with E-state index in [1.165, 1.54) is 22.1 Å². The maximum absolute atomic E-state index is 13.9. The normalized spacial score (nSPS) is 11.2. The molecule has 40 heavy (non-hydrogen) atoms. The van der Waals surface area contributed by atoms with E-state index >= 15 is 0 Å². The van der Waals surface area contributed by atoms with Gasteiger partial charge in [0.05, 0.1) is 0 Å². The Hall–Kier alpha value is -3.86. The SMILES string of the molecule is CCCCc1ccc(C(=O)N(CC(=O)N(CCc2c[nH]c3ccccc23)Cc2ccc(C)cc2)CC(C)C)cc1. The van der Waals surface area contributed by atoms with Gasteiger partial charge in [-0.15, -0.1) is 0 Å². The molecule has 0 aliphatic heterocycles. The van der Waals surface area contributed by atoms with E-state index in [4.69, 9.17) is 0 Å². The lowest BCUT2D eigenvalue weighted by molar-refractivity contribution is -0.132. The Bertz CT molecular complexity index is 1390. The molecule has 3 aromatic carbocycles. The van der Waals surface area contributed by atoms with Gasteiger partial charge < -0.3 is 14.8 Å². The van der Waals surface area contributed by atoms with Crippen molar-refractivity contribution in [1.82, 2.24) is 14.8 Å². The molecule has 0 aliphatic rings. The number of hydrogen-bond donors (Lipinski definition) is 1. The zero-order valence-electron chi connectivity index (χ0n) is 24.5. The number of carbonyl (C=O) groups is 2. The molecule has 5 nitrogen and oxygen atoms in total. The molecule has 0 atom stereocenters. The summed E-state index contributed by atoms with van der Waals surface area (Å²) in [4.78, 5) is 34.4. The number of aromatic amines is 1. The Labute approximate surface area is 239 Å². The molecule has 0 spiro atoms. The average molecular weight is 538 g/mol. The van der Waals surface area contributed by atoms with Gasteiger partial charge in [-0.3, -0.25) is 9.59 Å². The first-order valence-electron chi connectivity index (χ1n) is 14.6. The third-order valence-corrected chi connectivity index (χ3v) is 7.39. The molecule has 4 aromatic rings. The molecule has 5 heteroatoms. The van der Waals surface area contributed by atoms with Crippen molar-refractivity contribution in [2.45, 2.75) is 59.9 Å². The molecule has 0 aliphatic carbocycles. The monoisotopic (exact) mass is 537 g/mol. The average Bonchev–Trinajstić information content (AvgIpc) is 3.37. The summed E-state index contributed by atoms with van der Waals surface area (Å²) in [6.07, 6.45) is 6.07. The van der Waals surface area contributed by atoms with E-state index in [1.54, 1.807) is 4.90 Å². The zero-order chi connectivity index (χ0) is 28.5. The number of rotatable bonds is 13. The van der Waals surface area contributed by atoms with Gasteiger partial charge in [0, 0.05) is 42.3 Å². The lowest BCUT2D eigenvalue weighted by Crippen LogP contribution is -2.44. The maximum Gasteiger partial charge on any atom is 0.254 e. The highest BCUT2D eigenvalue weighted by molar-refractivity contribution is 5.96. The second-order valence-corrected chi connectivity index (χ2v) is 11.3. The number of nitrogens with zero attached hydrogens (tertiary/aromatic N) is 2. The predicted octanol–water partition coefficient (Wildman–Crippen LogP) is 7.19. The molecule has 0 bridgehead atoms. The van der Waals surface area contributed by atoms with Gasteiger partial charge in [0.15, 0.2) is 0 Å². The molecule has 210 valence electrons. The summed E-state index contributed by atoms with van der Waals surface area (Å²) in [7, 11) is 0.